The summed E-state index contributed by atoms with van der Waals surface area (Å²) in [6.45, 7) is 2.72. The molecule has 0 radical (unpaired) electrons. The van der Waals surface area contributed by atoms with E-state index in [-0.39, 0.29) is 66.6 Å². The number of aromatic carboxylic acids is 1. The molecule has 5 N–H and O–H groups in total. The summed E-state index contributed by atoms with van der Waals surface area (Å²) in [6, 6.07) is 12.5. The summed E-state index contributed by atoms with van der Waals surface area (Å²) < 4.78 is 6.36. The van der Waals surface area contributed by atoms with Crippen LogP contribution < -0.4 is 11.1 Å². The minimum absolute atomic E-state index is 0.00744. The number of hydrogen-bond acceptors (Lipinski definition) is 10. The van der Waals surface area contributed by atoms with Crippen LogP contribution in [0.5, 0.6) is 0 Å². The van der Waals surface area contributed by atoms with Crippen LogP contribution in [-0.4, -0.2) is 98.6 Å². The minimum atomic E-state index is -1.18. The molecule has 1 unspecified atom stereocenters. The molecule has 14 nitrogen and oxygen atoms in total. The minimum Gasteiger partial charge on any atom is -0.478 e. The molecule has 2 saturated heterocycles. The summed E-state index contributed by atoms with van der Waals surface area (Å²) in [5, 5.41) is 24.4. The summed E-state index contributed by atoms with van der Waals surface area (Å²) in [6.07, 6.45) is 0.00744. The van der Waals surface area contributed by atoms with Gasteiger partial charge in [0.25, 0.3) is 5.91 Å². The number of nitrogen functional groups attached to an aromatic ring is 1. The highest BCUT2D eigenvalue weighted by Crippen LogP contribution is 2.28. The first-order chi connectivity index (χ1) is 20.2. The van der Waals surface area contributed by atoms with Crippen LogP contribution in [0.4, 0.5) is 5.95 Å². The lowest BCUT2D eigenvalue weighted by Gasteiger charge is -2.27. The quantitative estimate of drug-likeness (QED) is 0.208. The molecule has 3 aromatic rings. The van der Waals surface area contributed by atoms with E-state index in [1.54, 1.807) is 24.3 Å². The van der Waals surface area contributed by atoms with Gasteiger partial charge in [0, 0.05) is 49.6 Å². The Hall–Kier alpha value is -4.95. The third-order valence-corrected chi connectivity index (χ3v) is 7.14. The average molecular weight is 575 g/mol. The average Bonchev–Trinajstić information content (AvgIpc) is 3.60. The number of carboxylic acid groups (broad SMARTS) is 1. The number of carbonyl (C=O) groups excluding carboxylic acids is 3. The molecule has 14 heteroatoms. The van der Waals surface area contributed by atoms with Gasteiger partial charge in [-0.05, 0) is 23.8 Å². The van der Waals surface area contributed by atoms with Gasteiger partial charge in [-0.2, -0.15) is 9.67 Å². The zero-order valence-corrected chi connectivity index (χ0v) is 22.7. The van der Waals surface area contributed by atoms with Gasteiger partial charge in [-0.1, -0.05) is 30.3 Å². The standard InChI is InChI=1S/C28H30N8O6/c29-24(30)18-6-4-17(5-7-18)14-31-28-32-25(33-36(28)26(39)19-2-1-3-20(12-19)27(40)41)21-13-22(37)35(15-21)23(38)16-34-8-10-42-11-9-34/h1-7,12,21H,8-11,13-16H2,(H3,29,30)(H,40,41)(H,31,32,33). The van der Waals surface area contributed by atoms with Gasteiger partial charge in [0.2, 0.25) is 17.8 Å². The molecule has 42 heavy (non-hydrogen) atoms. The molecular formula is C28H30N8O6. The summed E-state index contributed by atoms with van der Waals surface area (Å²) in [4.78, 5) is 58.4. The fourth-order valence-corrected chi connectivity index (χ4v) is 4.81. The monoisotopic (exact) mass is 574 g/mol. The molecular weight excluding hydrogens is 544 g/mol. The molecule has 0 saturated carbocycles. The summed E-state index contributed by atoms with van der Waals surface area (Å²) >= 11 is 0. The highest BCUT2D eigenvalue weighted by Gasteiger charge is 2.38. The fraction of sp³-hybridized carbons (Fsp3) is 0.321. The van der Waals surface area contributed by atoms with Gasteiger partial charge >= 0.3 is 5.97 Å². The first kappa shape index (κ1) is 28.6. The first-order valence-corrected chi connectivity index (χ1v) is 13.3. The summed E-state index contributed by atoms with van der Waals surface area (Å²) in [5.74, 6) is -2.72. The van der Waals surface area contributed by atoms with E-state index < -0.39 is 17.8 Å². The predicted octanol–water partition coefficient (Wildman–Crippen LogP) is 0.736. The Morgan fingerprint density at radius 1 is 1.07 bits per heavy atom. The molecule has 0 aliphatic carbocycles. The van der Waals surface area contributed by atoms with Crippen molar-refractivity contribution in [1.82, 2.24) is 24.6 Å². The van der Waals surface area contributed by atoms with Crippen LogP contribution in [0.25, 0.3) is 0 Å². The number of rotatable bonds is 9. The highest BCUT2D eigenvalue weighted by molar-refractivity contribution is 6.00. The van der Waals surface area contributed by atoms with Crippen LogP contribution in [0.3, 0.4) is 0 Å². The Bertz CT molecular complexity index is 1530. The number of nitrogens with zero attached hydrogens (tertiary/aromatic N) is 5. The zero-order valence-electron chi connectivity index (χ0n) is 22.7. The molecule has 3 heterocycles. The second kappa shape index (κ2) is 12.3. The Kier molecular flexibility index (Phi) is 8.36. The molecule has 0 spiro atoms. The van der Waals surface area contributed by atoms with Crippen LogP contribution in [0.15, 0.2) is 48.5 Å². The van der Waals surface area contributed by atoms with Gasteiger partial charge in [-0.3, -0.25) is 29.6 Å². The van der Waals surface area contributed by atoms with E-state index >= 15 is 0 Å². The van der Waals surface area contributed by atoms with Crippen molar-refractivity contribution in [3.05, 3.63) is 76.6 Å². The molecule has 5 rings (SSSR count). The maximum absolute atomic E-state index is 13.5. The fourth-order valence-electron chi connectivity index (χ4n) is 4.81. The molecule has 2 aliphatic rings. The van der Waals surface area contributed by atoms with Gasteiger partial charge < -0.3 is 20.9 Å². The number of carbonyl (C=O) groups is 4. The van der Waals surface area contributed by atoms with E-state index in [0.717, 1.165) is 10.2 Å². The van der Waals surface area contributed by atoms with Crippen LogP contribution in [-0.2, 0) is 20.9 Å². The van der Waals surface area contributed by atoms with E-state index in [0.29, 0.717) is 31.9 Å². The van der Waals surface area contributed by atoms with Crippen LogP contribution in [0.2, 0.25) is 0 Å². The van der Waals surface area contributed by atoms with Gasteiger partial charge in [-0.25, -0.2) is 4.79 Å². The van der Waals surface area contributed by atoms with Gasteiger partial charge in [-0.15, -0.1) is 5.10 Å². The number of nitrogens with one attached hydrogen (secondary N) is 2. The molecule has 218 valence electrons. The van der Waals surface area contributed by atoms with Crippen molar-refractivity contribution in [2.75, 3.05) is 44.7 Å². The molecule has 0 bridgehead atoms. The number of hydrogen-bond donors (Lipinski definition) is 4. The molecule has 2 aliphatic heterocycles. The van der Waals surface area contributed by atoms with Gasteiger partial charge in [0.15, 0.2) is 5.82 Å². The number of morpholine rings is 1. The number of amidine groups is 1. The third-order valence-electron chi connectivity index (χ3n) is 7.14. The predicted molar refractivity (Wildman–Crippen MR) is 149 cm³/mol. The highest BCUT2D eigenvalue weighted by atomic mass is 16.5. The molecule has 2 fully saturated rings. The summed E-state index contributed by atoms with van der Waals surface area (Å²) in [7, 11) is 0. The van der Waals surface area contributed by atoms with Crippen molar-refractivity contribution < 1.29 is 29.0 Å². The van der Waals surface area contributed by atoms with Crippen LogP contribution in [0.1, 0.15) is 50.0 Å². The largest absolute Gasteiger partial charge is 0.478 e. The van der Waals surface area contributed by atoms with E-state index in [9.17, 15) is 24.3 Å². The van der Waals surface area contributed by atoms with Gasteiger partial charge in [0.1, 0.15) is 5.84 Å². The smallest absolute Gasteiger partial charge is 0.335 e. The van der Waals surface area contributed by atoms with Crippen molar-refractivity contribution in [2.45, 2.75) is 18.9 Å². The van der Waals surface area contributed by atoms with Crippen molar-refractivity contribution in [3.8, 4) is 0 Å². The molecule has 1 atom stereocenters. The van der Waals surface area contributed by atoms with Crippen molar-refractivity contribution in [2.24, 2.45) is 5.73 Å². The molecule has 2 amide bonds. The van der Waals surface area contributed by atoms with Crippen molar-refractivity contribution in [1.29, 1.82) is 5.41 Å². The van der Waals surface area contributed by atoms with Crippen molar-refractivity contribution in [3.63, 3.8) is 0 Å². The lowest BCUT2D eigenvalue weighted by Crippen LogP contribution is -2.45. The Morgan fingerprint density at radius 3 is 2.48 bits per heavy atom. The Morgan fingerprint density at radius 2 is 1.79 bits per heavy atom. The SMILES string of the molecule is N=C(N)c1ccc(CNc2nc(C3CC(=O)N(C(=O)CN4CCOCC4)C3)nn2C(=O)c2cccc(C(=O)O)c2)cc1. The van der Waals surface area contributed by atoms with E-state index in [2.05, 4.69) is 15.4 Å². The number of carboxylic acids is 1. The molecule has 2 aromatic carbocycles. The number of nitrogens with two attached hydrogens (primary N) is 1. The second-order valence-corrected chi connectivity index (χ2v) is 10.0. The number of likely N-dealkylation sites (tertiary alicyclic amines) is 1. The summed E-state index contributed by atoms with van der Waals surface area (Å²) in [5.41, 5.74) is 6.94. The van der Waals surface area contributed by atoms with Crippen LogP contribution in [0, 0.1) is 5.41 Å². The van der Waals surface area contributed by atoms with Crippen molar-refractivity contribution >= 4 is 35.5 Å². The topological polar surface area (TPSA) is 197 Å². The number of amides is 2. The number of aromatic nitrogens is 3. The van der Waals surface area contributed by atoms with E-state index in [1.807, 2.05) is 4.90 Å². The lowest BCUT2D eigenvalue weighted by atomic mass is 10.1. The number of ether oxygens (including phenoxy) is 1. The number of imide groups is 1. The number of benzene rings is 2. The Balaban J connectivity index is 1.38. The second-order valence-electron chi connectivity index (χ2n) is 10.0. The normalized spacial score (nSPS) is 17.3. The Labute approximate surface area is 240 Å². The van der Waals surface area contributed by atoms with E-state index in [4.69, 9.17) is 15.9 Å². The van der Waals surface area contributed by atoms with E-state index in [1.165, 1.54) is 29.2 Å². The van der Waals surface area contributed by atoms with Crippen LogP contribution >= 0.6 is 0 Å². The first-order valence-electron chi connectivity index (χ1n) is 13.3. The molecule has 1 aromatic heterocycles. The maximum atomic E-state index is 13.5. The lowest BCUT2D eigenvalue weighted by molar-refractivity contribution is -0.143. The number of anilines is 1. The zero-order chi connectivity index (χ0) is 29.8. The third kappa shape index (κ3) is 6.34. The maximum Gasteiger partial charge on any atom is 0.335 e. The van der Waals surface area contributed by atoms with Gasteiger partial charge in [0.05, 0.1) is 25.3 Å².